The normalized spacial score (nSPS) is 9.29. The fraction of sp³-hybridized carbons (Fsp3) is 0.250. The van der Waals surface area contributed by atoms with Crippen molar-refractivity contribution in [1.82, 2.24) is 4.98 Å². The van der Waals surface area contributed by atoms with Crippen LogP contribution in [0.25, 0.3) is 0 Å². The molecule has 0 bridgehead atoms. The molecule has 0 amide bonds. The zero-order chi connectivity index (χ0) is 5.28. The molecule has 0 aliphatic heterocycles. The van der Waals surface area contributed by atoms with Crippen LogP contribution in [0.3, 0.4) is 0 Å². The van der Waals surface area contributed by atoms with E-state index in [0.717, 1.165) is 0 Å². The fourth-order valence-corrected chi connectivity index (χ4v) is 0.515. The first-order chi connectivity index (χ1) is 3.29. The van der Waals surface area contributed by atoms with Crippen molar-refractivity contribution in [3.63, 3.8) is 0 Å². The molecule has 0 saturated carbocycles. The van der Waals surface area contributed by atoms with Crippen molar-refractivity contribution in [2.75, 3.05) is 0 Å². The number of rotatable bonds is 0. The van der Waals surface area contributed by atoms with Crippen LogP contribution in [0.1, 0.15) is 5.89 Å². The van der Waals surface area contributed by atoms with Crippen LogP contribution in [0.2, 0.25) is 0 Å². The van der Waals surface area contributed by atoms with E-state index in [1.165, 1.54) is 6.20 Å². The summed E-state index contributed by atoms with van der Waals surface area (Å²) in [7, 11) is 0. The summed E-state index contributed by atoms with van der Waals surface area (Å²) in [6.45, 7) is 1.76. The van der Waals surface area contributed by atoms with E-state index in [-0.39, 0.29) is 0 Å². The van der Waals surface area contributed by atoms with Gasteiger partial charge in [0.15, 0.2) is 5.89 Å². The molecule has 1 aromatic rings. The minimum absolute atomic E-state index is 0.456. The maximum absolute atomic E-state index is 4.79. The molecule has 0 atom stereocenters. The van der Waals surface area contributed by atoms with Crippen molar-refractivity contribution in [2.45, 2.75) is 12.0 Å². The number of aryl methyl sites for hydroxylation is 1. The molecule has 0 fully saturated rings. The van der Waals surface area contributed by atoms with Crippen LogP contribution < -0.4 is 0 Å². The lowest BCUT2D eigenvalue weighted by Gasteiger charge is -1.71. The predicted octanol–water partition coefficient (Wildman–Crippen LogP) is 1.54. The number of oxazole rings is 1. The summed E-state index contributed by atoms with van der Waals surface area (Å²) >= 11 is 4.60. The van der Waals surface area contributed by atoms with Crippen LogP contribution in [0.15, 0.2) is 15.7 Å². The molecule has 0 unspecified atom stereocenters. The third-order valence-corrected chi connectivity index (χ3v) is 0.789. The van der Waals surface area contributed by atoms with Crippen LogP contribution in [0.4, 0.5) is 0 Å². The summed E-state index contributed by atoms with van der Waals surface area (Å²) in [4.78, 5) is 3.75. The molecule has 3 heteroatoms. The molecule has 1 rings (SSSR count). The maximum Gasteiger partial charge on any atom is 0.210 e. The molecule has 1 heterocycles. The monoisotopic (exact) mass is 114 g/mol. The Morgan fingerprint density at radius 2 is 2.57 bits per heavy atom. The minimum atomic E-state index is 0.456. The van der Waals surface area contributed by atoms with Gasteiger partial charge in [0.2, 0.25) is 5.09 Å². The summed E-state index contributed by atoms with van der Waals surface area (Å²) in [6.07, 6.45) is 1.52. The van der Waals surface area contributed by atoms with Crippen LogP contribution in [0.5, 0.6) is 0 Å². The third-order valence-electron chi connectivity index (χ3n) is 0.600. The first kappa shape index (κ1) is 4.59. The van der Waals surface area contributed by atoms with E-state index in [1.807, 2.05) is 0 Å². The molecule has 0 aliphatic carbocycles. The van der Waals surface area contributed by atoms with E-state index in [0.29, 0.717) is 11.0 Å². The van der Waals surface area contributed by atoms with Crippen molar-refractivity contribution in [2.24, 2.45) is 0 Å². The standard InChI is InChI=1S/C4H4NOS/c1-3-5-2-4(7)6-3/h2H,1H3. The van der Waals surface area contributed by atoms with Crippen LogP contribution in [-0.4, -0.2) is 4.98 Å². The summed E-state index contributed by atoms with van der Waals surface area (Å²) in [5.41, 5.74) is 0. The number of hydrogen-bond acceptors (Lipinski definition) is 2. The quantitative estimate of drug-likeness (QED) is 0.511. The second kappa shape index (κ2) is 1.50. The Morgan fingerprint density at radius 3 is 2.71 bits per heavy atom. The van der Waals surface area contributed by atoms with Crippen molar-refractivity contribution in [3.8, 4) is 0 Å². The van der Waals surface area contributed by atoms with E-state index >= 15 is 0 Å². The Hall–Kier alpha value is -0.570. The molecule has 7 heavy (non-hydrogen) atoms. The summed E-state index contributed by atoms with van der Waals surface area (Å²) < 4.78 is 4.79. The summed E-state index contributed by atoms with van der Waals surface area (Å²) in [5.74, 6) is 0.630. The minimum Gasteiger partial charge on any atom is -0.430 e. The van der Waals surface area contributed by atoms with E-state index in [2.05, 4.69) is 17.6 Å². The molecule has 37 valence electrons. The largest absolute Gasteiger partial charge is 0.430 e. The van der Waals surface area contributed by atoms with Gasteiger partial charge in [0.25, 0.3) is 0 Å². The van der Waals surface area contributed by atoms with Crippen LogP contribution in [0, 0.1) is 6.92 Å². The third kappa shape index (κ3) is 0.899. The van der Waals surface area contributed by atoms with E-state index in [9.17, 15) is 0 Å². The number of hydrogen-bond donors (Lipinski definition) is 0. The molecule has 0 aliphatic rings. The Bertz CT molecular complexity index is 144. The average Bonchev–Trinajstić information content (AvgIpc) is 1.87. The highest BCUT2D eigenvalue weighted by Crippen LogP contribution is 2.04. The van der Waals surface area contributed by atoms with Gasteiger partial charge in [0.1, 0.15) is 0 Å². The summed E-state index contributed by atoms with van der Waals surface area (Å²) in [6, 6.07) is 0. The van der Waals surface area contributed by atoms with Crippen molar-refractivity contribution >= 4 is 12.6 Å². The van der Waals surface area contributed by atoms with Crippen molar-refractivity contribution < 1.29 is 4.42 Å². The van der Waals surface area contributed by atoms with Gasteiger partial charge >= 0.3 is 0 Å². The SMILES string of the molecule is Cc1ncc([S])o1. The Kier molecular flexibility index (Phi) is 0.982. The van der Waals surface area contributed by atoms with Crippen molar-refractivity contribution in [3.05, 3.63) is 12.1 Å². The Morgan fingerprint density at radius 1 is 1.86 bits per heavy atom. The van der Waals surface area contributed by atoms with E-state index in [4.69, 9.17) is 4.42 Å². The molecule has 0 spiro atoms. The molecule has 0 N–H and O–H groups in total. The predicted molar refractivity (Wildman–Crippen MR) is 27.1 cm³/mol. The van der Waals surface area contributed by atoms with Crippen molar-refractivity contribution in [1.29, 1.82) is 0 Å². The molecule has 1 radical (unpaired) electrons. The van der Waals surface area contributed by atoms with Crippen LogP contribution in [-0.2, 0) is 0 Å². The Labute approximate surface area is 47.0 Å². The highest BCUT2D eigenvalue weighted by Gasteiger charge is 1.89. The fourth-order valence-electron chi connectivity index (χ4n) is 0.342. The van der Waals surface area contributed by atoms with Gasteiger partial charge in [0, 0.05) is 6.92 Å². The molecule has 0 saturated heterocycles. The lowest BCUT2D eigenvalue weighted by molar-refractivity contribution is 0.443. The second-order valence-electron chi connectivity index (χ2n) is 1.20. The van der Waals surface area contributed by atoms with E-state index < -0.39 is 0 Å². The first-order valence-corrected chi connectivity index (χ1v) is 2.29. The van der Waals surface area contributed by atoms with Gasteiger partial charge in [-0.3, -0.25) is 0 Å². The van der Waals surface area contributed by atoms with Gasteiger partial charge in [-0.1, -0.05) is 0 Å². The topological polar surface area (TPSA) is 26.0 Å². The molecular formula is C4H4NOS. The highest BCUT2D eigenvalue weighted by molar-refractivity contribution is 7.80. The lowest BCUT2D eigenvalue weighted by Crippen LogP contribution is -1.59. The average molecular weight is 114 g/mol. The van der Waals surface area contributed by atoms with Gasteiger partial charge in [-0.25, -0.2) is 4.98 Å². The zero-order valence-corrected chi connectivity index (χ0v) is 4.66. The smallest absolute Gasteiger partial charge is 0.210 e. The second-order valence-corrected chi connectivity index (χ2v) is 1.60. The van der Waals surface area contributed by atoms with Gasteiger partial charge in [-0.2, -0.15) is 0 Å². The molecule has 2 nitrogen and oxygen atoms in total. The van der Waals surface area contributed by atoms with Crippen LogP contribution >= 0.6 is 12.6 Å². The highest BCUT2D eigenvalue weighted by atomic mass is 32.1. The lowest BCUT2D eigenvalue weighted by atomic mass is 10.8. The number of aromatic nitrogens is 1. The first-order valence-electron chi connectivity index (χ1n) is 1.88. The zero-order valence-electron chi connectivity index (χ0n) is 3.84. The molecule has 0 aromatic carbocycles. The van der Waals surface area contributed by atoms with Gasteiger partial charge < -0.3 is 4.42 Å². The van der Waals surface area contributed by atoms with E-state index in [1.54, 1.807) is 6.92 Å². The number of nitrogens with zero attached hydrogens (tertiary/aromatic N) is 1. The Balaban J connectivity index is 3.04. The van der Waals surface area contributed by atoms with Gasteiger partial charge in [-0.15, -0.1) is 0 Å². The molecule has 1 aromatic heterocycles. The van der Waals surface area contributed by atoms with Gasteiger partial charge in [0.05, 0.1) is 6.20 Å². The molecular weight excluding hydrogens is 110 g/mol. The maximum atomic E-state index is 4.79. The summed E-state index contributed by atoms with van der Waals surface area (Å²) in [5, 5.41) is 0.456. The van der Waals surface area contributed by atoms with Gasteiger partial charge in [-0.05, 0) is 12.6 Å².